The molecule has 0 bridgehead atoms. The first kappa shape index (κ1) is 20.4. The van der Waals surface area contributed by atoms with Gasteiger partial charge in [0, 0.05) is 10.9 Å². The fourth-order valence-corrected chi connectivity index (χ4v) is 8.57. The lowest BCUT2D eigenvalue weighted by atomic mass is 9.85. The van der Waals surface area contributed by atoms with Crippen LogP contribution in [0, 0.1) is 0 Å². The third-order valence-corrected chi connectivity index (χ3v) is 11.1. The minimum absolute atomic E-state index is 0.0278. The minimum Gasteiger partial charge on any atom is -0.456 e. The first-order chi connectivity index (χ1) is 34.5. The molecule has 0 aliphatic carbocycles. The standard InChI is InChI=1S/C56H34O/c1-4-11-35(12-5-1)40-23-26-47-49-18-10-17-48-46(29-30-52(56(48)49)57-53(47)34-40)43-32-41(36-13-6-2-7-14-36)31-42(33-43)45-25-20-39-21-27-50-44(37-15-8-3-9-16-37)24-19-38-22-28-51(45)55(39)54(38)50/h1-34H/i1D,2D,3D,4D,5D,6D,7D,8D,9D,11D,12D,13D,14D,15D,16D. The van der Waals surface area contributed by atoms with Crippen molar-refractivity contribution < 1.29 is 25.3 Å². The molecule has 57 heavy (non-hydrogen) atoms. The molecule has 0 saturated heterocycles. The minimum atomic E-state index is -0.510. The van der Waals surface area contributed by atoms with E-state index in [1.165, 1.54) is 0 Å². The number of ether oxygens (including phenoxy) is 1. The van der Waals surface area contributed by atoms with Crippen LogP contribution in [0.15, 0.2) is 206 Å². The SMILES string of the molecule is [2H]c1c([2H])c([2H])c(-c2cc(-c3ccc4c5c(cccc35)-c3ccc(-c5c([2H])c([2H])c([2H])c([2H])c5[2H])cc3O4)cc(-c3ccc4ccc5c(-c6c([2H])c([2H])c([2H])c([2H])c6[2H])ccc6ccc3c4c65)c2)c([2H])c1[2H]. The summed E-state index contributed by atoms with van der Waals surface area (Å²) in [4.78, 5) is 0. The molecule has 11 aromatic rings. The van der Waals surface area contributed by atoms with Gasteiger partial charge in [0.1, 0.15) is 11.5 Å². The summed E-state index contributed by atoms with van der Waals surface area (Å²) in [5.74, 6) is 0.957. The molecule has 0 N–H and O–H groups in total. The highest BCUT2D eigenvalue weighted by Gasteiger charge is 2.23. The molecule has 1 aliphatic rings. The van der Waals surface area contributed by atoms with Gasteiger partial charge in [-0.15, -0.1) is 0 Å². The summed E-state index contributed by atoms with van der Waals surface area (Å²) in [7, 11) is 0. The van der Waals surface area contributed by atoms with Gasteiger partial charge in [-0.3, -0.25) is 0 Å². The lowest BCUT2D eigenvalue weighted by molar-refractivity contribution is 0.487. The zero-order chi connectivity index (χ0) is 50.5. The van der Waals surface area contributed by atoms with E-state index in [0.717, 1.165) is 60.0 Å². The quantitative estimate of drug-likeness (QED) is 0.160. The number of fused-ring (bicyclic) bond motifs is 2. The third-order valence-electron chi connectivity index (χ3n) is 11.1. The normalized spacial score (nSPS) is 15.7. The number of benzene rings is 11. The van der Waals surface area contributed by atoms with E-state index in [-0.39, 0.29) is 52.9 Å². The molecule has 0 unspecified atom stereocenters. The van der Waals surface area contributed by atoms with Crippen molar-refractivity contribution >= 4 is 43.1 Å². The van der Waals surface area contributed by atoms with E-state index in [9.17, 15) is 0 Å². The maximum atomic E-state index is 9.07. The van der Waals surface area contributed by atoms with Crippen LogP contribution in [0.2, 0.25) is 0 Å². The van der Waals surface area contributed by atoms with Gasteiger partial charge >= 0.3 is 0 Å². The summed E-state index contributed by atoms with van der Waals surface area (Å²) in [6.45, 7) is 0. The van der Waals surface area contributed by atoms with E-state index in [1.807, 2.05) is 97.1 Å². The third kappa shape index (κ3) is 5.03. The Bertz CT molecular complexity index is 4170. The van der Waals surface area contributed by atoms with Crippen LogP contribution < -0.4 is 4.74 Å². The topological polar surface area (TPSA) is 9.23 Å². The van der Waals surface area contributed by atoms with Gasteiger partial charge in [0.05, 0.1) is 20.6 Å². The van der Waals surface area contributed by atoms with Crippen molar-refractivity contribution in [2.24, 2.45) is 0 Å². The van der Waals surface area contributed by atoms with Gasteiger partial charge in [-0.2, -0.15) is 0 Å². The first-order valence-electron chi connectivity index (χ1n) is 25.9. The maximum absolute atomic E-state index is 9.07. The first-order valence-corrected chi connectivity index (χ1v) is 18.4. The predicted molar refractivity (Wildman–Crippen MR) is 240 cm³/mol. The Morgan fingerprint density at radius 1 is 0.298 bits per heavy atom. The Labute approximate surface area is 352 Å². The molecule has 1 aliphatic heterocycles. The summed E-state index contributed by atoms with van der Waals surface area (Å²) >= 11 is 0. The van der Waals surface area contributed by atoms with Crippen LogP contribution in [-0.4, -0.2) is 0 Å². The molecule has 11 aromatic carbocycles. The van der Waals surface area contributed by atoms with Gasteiger partial charge in [-0.25, -0.2) is 0 Å². The number of hydrogen-bond acceptors (Lipinski definition) is 1. The monoisotopic (exact) mass is 737 g/mol. The van der Waals surface area contributed by atoms with Crippen LogP contribution >= 0.6 is 0 Å². The zero-order valence-corrected chi connectivity index (χ0v) is 29.9. The maximum Gasteiger partial charge on any atom is 0.135 e. The van der Waals surface area contributed by atoms with Crippen molar-refractivity contribution in [3.63, 3.8) is 0 Å². The second-order valence-corrected chi connectivity index (χ2v) is 14.1. The molecule has 1 heterocycles. The van der Waals surface area contributed by atoms with E-state index in [4.69, 9.17) is 25.3 Å². The summed E-state index contributed by atoms with van der Waals surface area (Å²) in [6, 6.07) is 29.9. The fraction of sp³-hybridized carbons (Fsp3) is 0. The van der Waals surface area contributed by atoms with E-state index in [0.29, 0.717) is 44.7 Å². The molecule has 12 rings (SSSR count). The van der Waals surface area contributed by atoms with Crippen molar-refractivity contribution in [2.75, 3.05) is 0 Å². The van der Waals surface area contributed by atoms with Crippen molar-refractivity contribution in [1.29, 1.82) is 0 Å². The summed E-state index contributed by atoms with van der Waals surface area (Å²) < 4.78 is 135. The van der Waals surface area contributed by atoms with E-state index >= 15 is 0 Å². The van der Waals surface area contributed by atoms with Crippen LogP contribution in [0.3, 0.4) is 0 Å². The lowest BCUT2D eigenvalue weighted by Gasteiger charge is -2.23. The molecule has 0 amide bonds. The molecule has 1 nitrogen and oxygen atoms in total. The van der Waals surface area contributed by atoms with Crippen molar-refractivity contribution in [1.82, 2.24) is 0 Å². The van der Waals surface area contributed by atoms with Gasteiger partial charge in [0.25, 0.3) is 0 Å². The Balaban J connectivity index is 1.08. The molecule has 0 fully saturated rings. The second-order valence-electron chi connectivity index (χ2n) is 14.1. The predicted octanol–water partition coefficient (Wildman–Crippen LogP) is 15.8. The van der Waals surface area contributed by atoms with Crippen molar-refractivity contribution in [2.45, 2.75) is 0 Å². The van der Waals surface area contributed by atoms with Crippen molar-refractivity contribution in [3.8, 4) is 78.3 Å². The highest BCUT2D eigenvalue weighted by Crippen LogP contribution is 2.50. The highest BCUT2D eigenvalue weighted by molar-refractivity contribution is 6.27. The summed E-state index contributed by atoms with van der Waals surface area (Å²) in [6.07, 6.45) is 0. The molecule has 0 spiro atoms. The molecule has 0 saturated carbocycles. The molecule has 0 atom stereocenters. The van der Waals surface area contributed by atoms with Crippen LogP contribution in [-0.2, 0) is 0 Å². The van der Waals surface area contributed by atoms with Crippen LogP contribution in [0.25, 0.3) is 110 Å². The largest absolute Gasteiger partial charge is 0.456 e. The molecule has 0 aromatic heterocycles. The lowest BCUT2D eigenvalue weighted by Crippen LogP contribution is -1.98. The zero-order valence-electron chi connectivity index (χ0n) is 44.9. The molecule has 0 radical (unpaired) electrons. The second kappa shape index (κ2) is 12.5. The molecular formula is C56H34O. The van der Waals surface area contributed by atoms with Gasteiger partial charge in [0.2, 0.25) is 0 Å². The van der Waals surface area contributed by atoms with Gasteiger partial charge in [0.15, 0.2) is 0 Å². The summed E-state index contributed by atoms with van der Waals surface area (Å²) in [5, 5.41) is 6.60. The average Bonchev–Trinajstić information content (AvgIpc) is 3.39. The molecule has 264 valence electrons. The van der Waals surface area contributed by atoms with Gasteiger partial charge in [-0.05, 0) is 135 Å². The molecule has 1 heteroatoms. The number of rotatable bonds is 5. The van der Waals surface area contributed by atoms with Gasteiger partial charge in [-0.1, -0.05) is 169 Å². The average molecular weight is 738 g/mol. The Morgan fingerprint density at radius 3 is 1.42 bits per heavy atom. The van der Waals surface area contributed by atoms with E-state index in [1.54, 1.807) is 18.2 Å². The van der Waals surface area contributed by atoms with Crippen LogP contribution in [0.4, 0.5) is 0 Å². The van der Waals surface area contributed by atoms with Gasteiger partial charge < -0.3 is 4.74 Å². The smallest absolute Gasteiger partial charge is 0.135 e. The Morgan fingerprint density at radius 2 is 0.789 bits per heavy atom. The van der Waals surface area contributed by atoms with Crippen LogP contribution in [0.1, 0.15) is 20.6 Å². The Kier molecular flexibility index (Phi) is 4.49. The Hall–Kier alpha value is -7.48. The van der Waals surface area contributed by atoms with E-state index < -0.39 is 54.4 Å². The van der Waals surface area contributed by atoms with Crippen LogP contribution in [0.5, 0.6) is 11.5 Å². The molecular weight excluding hydrogens is 689 g/mol. The number of hydrogen-bond donors (Lipinski definition) is 0. The summed E-state index contributed by atoms with van der Waals surface area (Å²) in [5.41, 5.74) is 5.90. The highest BCUT2D eigenvalue weighted by atomic mass is 16.5. The fourth-order valence-electron chi connectivity index (χ4n) is 8.57. The van der Waals surface area contributed by atoms with E-state index in [2.05, 4.69) is 0 Å². The van der Waals surface area contributed by atoms with Crippen molar-refractivity contribution in [3.05, 3.63) is 206 Å².